The normalized spacial score (nSPS) is 23.1. The Labute approximate surface area is 158 Å². The lowest BCUT2D eigenvalue weighted by atomic mass is 9.82. The van der Waals surface area contributed by atoms with Crippen LogP contribution in [0.2, 0.25) is 0 Å². The van der Waals surface area contributed by atoms with Crippen LogP contribution in [0.1, 0.15) is 42.4 Å². The van der Waals surface area contributed by atoms with Gasteiger partial charge in [0.2, 0.25) is 0 Å². The van der Waals surface area contributed by atoms with Crippen LogP contribution in [0.5, 0.6) is 0 Å². The number of piperidine rings is 1. The minimum absolute atomic E-state index is 0.339. The Hall–Kier alpha value is -2.07. The van der Waals surface area contributed by atoms with Gasteiger partial charge in [0.15, 0.2) is 0 Å². The standard InChI is InChI=1S/C23H24F3N/c24-23(25,26)22-12-5-4-9-19(22)13-18-14-20-10-6-11-21(15-18)27(20)16-17-7-2-1-3-8-17/h1-5,7-9,12,14,20-21H,6,10-11,13,15-16H2. The van der Waals surface area contributed by atoms with E-state index in [0.29, 0.717) is 24.1 Å². The van der Waals surface area contributed by atoms with Crippen LogP contribution in [0.4, 0.5) is 13.2 Å². The molecule has 0 radical (unpaired) electrons. The summed E-state index contributed by atoms with van der Waals surface area (Å²) in [5.74, 6) is 0. The lowest BCUT2D eigenvalue weighted by Crippen LogP contribution is -2.48. The van der Waals surface area contributed by atoms with Crippen LogP contribution in [0.25, 0.3) is 0 Å². The van der Waals surface area contributed by atoms with E-state index in [4.69, 9.17) is 0 Å². The molecule has 2 aliphatic rings. The van der Waals surface area contributed by atoms with Crippen LogP contribution in [-0.2, 0) is 19.1 Å². The van der Waals surface area contributed by atoms with Crippen LogP contribution in [0.15, 0.2) is 66.2 Å². The zero-order valence-electron chi connectivity index (χ0n) is 15.3. The van der Waals surface area contributed by atoms with E-state index in [1.54, 1.807) is 12.1 Å². The fraction of sp³-hybridized carbons (Fsp3) is 0.391. The Morgan fingerprint density at radius 1 is 0.926 bits per heavy atom. The molecule has 4 rings (SSSR count). The molecule has 27 heavy (non-hydrogen) atoms. The first-order valence-electron chi connectivity index (χ1n) is 9.65. The summed E-state index contributed by atoms with van der Waals surface area (Å²) in [5.41, 5.74) is 2.35. The second kappa shape index (κ2) is 7.51. The van der Waals surface area contributed by atoms with Crippen LogP contribution < -0.4 is 0 Å². The fourth-order valence-corrected chi connectivity index (χ4v) is 4.57. The second-order valence-corrected chi connectivity index (χ2v) is 7.67. The molecule has 2 aliphatic heterocycles. The molecule has 2 aromatic carbocycles. The zero-order valence-corrected chi connectivity index (χ0v) is 15.3. The Balaban J connectivity index is 1.55. The second-order valence-electron chi connectivity index (χ2n) is 7.67. The van der Waals surface area contributed by atoms with E-state index < -0.39 is 11.7 Å². The molecule has 2 aromatic rings. The van der Waals surface area contributed by atoms with Gasteiger partial charge in [0.05, 0.1) is 5.56 Å². The highest BCUT2D eigenvalue weighted by Crippen LogP contribution is 2.37. The smallest absolute Gasteiger partial charge is 0.289 e. The van der Waals surface area contributed by atoms with E-state index >= 15 is 0 Å². The molecule has 2 unspecified atom stereocenters. The Morgan fingerprint density at radius 3 is 2.41 bits per heavy atom. The van der Waals surface area contributed by atoms with Crippen LogP contribution in [0, 0.1) is 0 Å². The number of halogens is 3. The first-order valence-corrected chi connectivity index (χ1v) is 9.65. The van der Waals surface area contributed by atoms with Crippen LogP contribution >= 0.6 is 0 Å². The molecule has 0 aromatic heterocycles. The number of alkyl halides is 3. The Morgan fingerprint density at radius 2 is 1.67 bits per heavy atom. The summed E-state index contributed by atoms with van der Waals surface area (Å²) in [6, 6.07) is 17.2. The van der Waals surface area contributed by atoms with E-state index in [-0.39, 0.29) is 0 Å². The number of benzene rings is 2. The minimum Gasteiger partial charge on any atom is -0.289 e. The fourth-order valence-electron chi connectivity index (χ4n) is 4.57. The molecule has 0 amide bonds. The predicted molar refractivity (Wildman–Crippen MR) is 101 cm³/mol. The van der Waals surface area contributed by atoms with Crippen molar-refractivity contribution in [1.29, 1.82) is 0 Å². The average Bonchev–Trinajstić information content (AvgIpc) is 2.63. The molecule has 0 saturated carbocycles. The zero-order chi connectivity index (χ0) is 18.9. The molecule has 0 spiro atoms. The van der Waals surface area contributed by atoms with Crippen molar-refractivity contribution in [2.45, 2.75) is 56.9 Å². The van der Waals surface area contributed by atoms with Crippen molar-refractivity contribution in [2.24, 2.45) is 0 Å². The molecule has 1 fully saturated rings. The average molecular weight is 371 g/mol. The largest absolute Gasteiger partial charge is 0.416 e. The van der Waals surface area contributed by atoms with E-state index in [1.807, 2.05) is 6.07 Å². The summed E-state index contributed by atoms with van der Waals surface area (Å²) in [4.78, 5) is 2.54. The highest BCUT2D eigenvalue weighted by atomic mass is 19.4. The van der Waals surface area contributed by atoms with Crippen molar-refractivity contribution < 1.29 is 13.2 Å². The topological polar surface area (TPSA) is 3.24 Å². The molecule has 0 N–H and O–H groups in total. The van der Waals surface area contributed by atoms with Gasteiger partial charge < -0.3 is 0 Å². The van der Waals surface area contributed by atoms with Crippen molar-refractivity contribution in [2.75, 3.05) is 0 Å². The van der Waals surface area contributed by atoms with Gasteiger partial charge in [-0.15, -0.1) is 0 Å². The molecule has 0 aliphatic carbocycles. The molecule has 4 heteroatoms. The SMILES string of the molecule is FC(F)(F)c1ccccc1CC1=CC2CCCC(C1)N2Cc1ccccc1. The highest BCUT2D eigenvalue weighted by molar-refractivity contribution is 5.34. The quantitative estimate of drug-likeness (QED) is 0.596. The molecule has 1 nitrogen and oxygen atoms in total. The van der Waals surface area contributed by atoms with Crippen molar-refractivity contribution in [3.05, 3.63) is 82.9 Å². The minimum atomic E-state index is -4.29. The number of nitrogens with zero attached hydrogens (tertiary/aromatic N) is 1. The maximum absolute atomic E-state index is 13.3. The predicted octanol–water partition coefficient (Wildman–Crippen LogP) is 6.00. The molecule has 1 saturated heterocycles. The van der Waals surface area contributed by atoms with E-state index in [1.165, 1.54) is 24.1 Å². The van der Waals surface area contributed by atoms with Crippen molar-refractivity contribution >= 4 is 0 Å². The Bertz CT molecular complexity index is 810. The van der Waals surface area contributed by atoms with Gasteiger partial charge in [0.25, 0.3) is 0 Å². The maximum atomic E-state index is 13.3. The van der Waals surface area contributed by atoms with Gasteiger partial charge in [-0.3, -0.25) is 4.90 Å². The van der Waals surface area contributed by atoms with E-state index in [9.17, 15) is 13.2 Å². The summed E-state index contributed by atoms with van der Waals surface area (Å²) >= 11 is 0. The van der Waals surface area contributed by atoms with Gasteiger partial charge >= 0.3 is 6.18 Å². The molecule has 2 heterocycles. The third kappa shape index (κ3) is 4.11. The number of hydrogen-bond donors (Lipinski definition) is 0. The van der Waals surface area contributed by atoms with E-state index in [2.05, 4.69) is 35.2 Å². The summed E-state index contributed by atoms with van der Waals surface area (Å²) in [6.07, 6.45) is 2.64. The van der Waals surface area contributed by atoms with E-state index in [0.717, 1.165) is 31.4 Å². The van der Waals surface area contributed by atoms with Crippen molar-refractivity contribution in [3.8, 4) is 0 Å². The van der Waals surface area contributed by atoms with Gasteiger partial charge in [0, 0.05) is 18.6 Å². The monoisotopic (exact) mass is 371 g/mol. The molecule has 2 atom stereocenters. The maximum Gasteiger partial charge on any atom is 0.416 e. The third-order valence-electron chi connectivity index (χ3n) is 5.81. The molecular formula is C23H24F3N. The van der Waals surface area contributed by atoms with Gasteiger partial charge in [0.1, 0.15) is 0 Å². The molecular weight excluding hydrogens is 347 g/mol. The van der Waals surface area contributed by atoms with Crippen LogP contribution in [-0.4, -0.2) is 17.0 Å². The summed E-state index contributed by atoms with van der Waals surface area (Å²) < 4.78 is 39.9. The van der Waals surface area contributed by atoms with Crippen LogP contribution in [0.3, 0.4) is 0 Å². The number of fused-ring (bicyclic) bond motifs is 2. The van der Waals surface area contributed by atoms with Gasteiger partial charge in [-0.2, -0.15) is 13.2 Å². The van der Waals surface area contributed by atoms with Crippen molar-refractivity contribution in [3.63, 3.8) is 0 Å². The Kier molecular flexibility index (Phi) is 5.09. The lowest BCUT2D eigenvalue weighted by molar-refractivity contribution is -0.138. The van der Waals surface area contributed by atoms with Gasteiger partial charge in [-0.1, -0.05) is 66.6 Å². The first-order chi connectivity index (χ1) is 13.0. The summed E-state index contributed by atoms with van der Waals surface area (Å²) in [6.45, 7) is 0.916. The number of rotatable bonds is 4. The summed E-state index contributed by atoms with van der Waals surface area (Å²) in [7, 11) is 0. The lowest BCUT2D eigenvalue weighted by Gasteiger charge is -2.45. The highest BCUT2D eigenvalue weighted by Gasteiger charge is 2.36. The van der Waals surface area contributed by atoms with Crippen molar-refractivity contribution in [1.82, 2.24) is 4.90 Å². The van der Waals surface area contributed by atoms with Gasteiger partial charge in [-0.25, -0.2) is 0 Å². The third-order valence-corrected chi connectivity index (χ3v) is 5.81. The molecule has 142 valence electrons. The molecule has 2 bridgehead atoms. The van der Waals surface area contributed by atoms with Gasteiger partial charge in [-0.05, 0) is 42.9 Å². The number of hydrogen-bond acceptors (Lipinski definition) is 1. The summed E-state index contributed by atoms with van der Waals surface area (Å²) in [5, 5.41) is 0. The first kappa shape index (κ1) is 18.3.